The van der Waals surface area contributed by atoms with E-state index in [1.54, 1.807) is 0 Å². The van der Waals surface area contributed by atoms with Crippen molar-refractivity contribution in [3.8, 4) is 11.1 Å². The zero-order valence-corrected chi connectivity index (χ0v) is 15.0. The number of unbranched alkanes of at least 4 members (excludes halogenated alkanes) is 1. The highest BCUT2D eigenvalue weighted by molar-refractivity contribution is 5.77. The van der Waals surface area contributed by atoms with Gasteiger partial charge in [0.15, 0.2) is 0 Å². The molecular formula is C22H25NO3. The summed E-state index contributed by atoms with van der Waals surface area (Å²) < 4.78 is 0. The lowest BCUT2D eigenvalue weighted by atomic mass is 10.0. The third-order valence-corrected chi connectivity index (χ3v) is 4.87. The third kappa shape index (κ3) is 4.72. The van der Waals surface area contributed by atoms with Gasteiger partial charge in [0, 0.05) is 19.4 Å². The molecular weight excluding hydrogens is 326 g/mol. The molecule has 0 atom stereocenters. The molecule has 0 fully saturated rings. The molecule has 4 nitrogen and oxygen atoms in total. The van der Waals surface area contributed by atoms with Crippen molar-refractivity contribution in [3.63, 3.8) is 0 Å². The first-order valence-corrected chi connectivity index (χ1v) is 9.32. The van der Waals surface area contributed by atoms with Crippen LogP contribution in [0.5, 0.6) is 0 Å². The van der Waals surface area contributed by atoms with E-state index in [2.05, 4.69) is 47.8 Å². The van der Waals surface area contributed by atoms with Crippen LogP contribution in [0.4, 0.5) is 0 Å². The van der Waals surface area contributed by atoms with Gasteiger partial charge in [0.1, 0.15) is 0 Å². The average molecular weight is 351 g/mol. The summed E-state index contributed by atoms with van der Waals surface area (Å²) in [7, 11) is 0. The summed E-state index contributed by atoms with van der Waals surface area (Å²) in [5.74, 6) is -0.734. The molecule has 0 spiro atoms. The maximum Gasteiger partial charge on any atom is 0.303 e. The predicted molar refractivity (Wildman–Crippen MR) is 102 cm³/mol. The number of benzene rings is 2. The average Bonchev–Trinajstić information content (AvgIpc) is 2.99. The lowest BCUT2D eigenvalue weighted by molar-refractivity contribution is -0.137. The first kappa shape index (κ1) is 18.2. The summed E-state index contributed by atoms with van der Waals surface area (Å²) in [4.78, 5) is 22.3. The van der Waals surface area contributed by atoms with E-state index in [-0.39, 0.29) is 12.3 Å². The fourth-order valence-corrected chi connectivity index (χ4v) is 3.52. The van der Waals surface area contributed by atoms with E-state index in [0.717, 1.165) is 19.3 Å². The number of hydrogen-bond acceptors (Lipinski definition) is 2. The van der Waals surface area contributed by atoms with E-state index in [1.165, 1.54) is 27.8 Å². The monoisotopic (exact) mass is 351 g/mol. The molecule has 3 rings (SSSR count). The Morgan fingerprint density at radius 2 is 1.73 bits per heavy atom. The van der Waals surface area contributed by atoms with Crippen LogP contribution in [-0.2, 0) is 22.4 Å². The van der Waals surface area contributed by atoms with Crippen LogP contribution in [0, 0.1) is 0 Å². The van der Waals surface area contributed by atoms with Crippen molar-refractivity contribution < 1.29 is 14.7 Å². The summed E-state index contributed by atoms with van der Waals surface area (Å²) >= 11 is 0. The van der Waals surface area contributed by atoms with Crippen molar-refractivity contribution in [3.05, 3.63) is 59.2 Å². The van der Waals surface area contributed by atoms with Gasteiger partial charge in [-0.1, -0.05) is 42.5 Å². The highest BCUT2D eigenvalue weighted by atomic mass is 16.4. The fourth-order valence-electron chi connectivity index (χ4n) is 3.52. The van der Waals surface area contributed by atoms with Crippen molar-refractivity contribution >= 4 is 11.9 Å². The quantitative estimate of drug-likeness (QED) is 0.574. The van der Waals surface area contributed by atoms with E-state index in [4.69, 9.17) is 5.11 Å². The first-order chi connectivity index (χ1) is 12.6. The van der Waals surface area contributed by atoms with Crippen LogP contribution in [0.2, 0.25) is 0 Å². The minimum absolute atomic E-state index is 0.0499. The Kier molecular flexibility index (Phi) is 6.05. The maximum absolute atomic E-state index is 11.8. The molecule has 0 radical (unpaired) electrons. The van der Waals surface area contributed by atoms with Gasteiger partial charge >= 0.3 is 5.97 Å². The van der Waals surface area contributed by atoms with Gasteiger partial charge < -0.3 is 10.4 Å². The molecule has 0 aromatic heterocycles. The molecule has 4 heteroatoms. The summed E-state index contributed by atoms with van der Waals surface area (Å²) in [6, 6.07) is 15.2. The molecule has 1 amide bonds. The lowest BCUT2D eigenvalue weighted by Gasteiger charge is -2.07. The van der Waals surface area contributed by atoms with Crippen molar-refractivity contribution in [2.24, 2.45) is 0 Å². The normalized spacial score (nSPS) is 11.7. The largest absolute Gasteiger partial charge is 0.481 e. The first-order valence-electron chi connectivity index (χ1n) is 9.32. The molecule has 1 aliphatic carbocycles. The van der Waals surface area contributed by atoms with Crippen LogP contribution < -0.4 is 5.32 Å². The predicted octanol–water partition coefficient (Wildman–Crippen LogP) is 3.95. The second kappa shape index (κ2) is 8.65. The van der Waals surface area contributed by atoms with Crippen LogP contribution in [-0.4, -0.2) is 23.5 Å². The number of carboxylic acids is 1. The molecule has 0 saturated heterocycles. The lowest BCUT2D eigenvalue weighted by Crippen LogP contribution is -2.24. The number of aliphatic carboxylic acids is 1. The molecule has 0 saturated carbocycles. The molecule has 1 aliphatic rings. The number of hydrogen-bond donors (Lipinski definition) is 2. The topological polar surface area (TPSA) is 66.4 Å². The molecule has 2 aromatic carbocycles. The van der Waals surface area contributed by atoms with Gasteiger partial charge in [-0.05, 0) is 59.9 Å². The standard InChI is InChI=1S/C22H25NO3/c24-21(23-13-4-3-10-22(25)26)9-5-6-16-11-12-20-18(14-16)15-17-7-1-2-8-19(17)20/h1-2,7-8,11-12,14H,3-6,9-10,13,15H2,(H,23,24)(H,25,26). The number of carboxylic acid groups (broad SMARTS) is 1. The minimum Gasteiger partial charge on any atom is -0.481 e. The maximum atomic E-state index is 11.8. The van der Waals surface area contributed by atoms with Gasteiger partial charge in [-0.2, -0.15) is 0 Å². The van der Waals surface area contributed by atoms with Gasteiger partial charge in [0.25, 0.3) is 0 Å². The summed E-state index contributed by atoms with van der Waals surface area (Å²) in [5.41, 5.74) is 6.74. The third-order valence-electron chi connectivity index (χ3n) is 4.87. The van der Waals surface area contributed by atoms with Crippen molar-refractivity contribution in [1.82, 2.24) is 5.32 Å². The number of rotatable bonds is 9. The summed E-state index contributed by atoms with van der Waals surface area (Å²) in [6.07, 6.45) is 4.71. The summed E-state index contributed by atoms with van der Waals surface area (Å²) in [5, 5.41) is 11.4. The molecule has 2 aromatic rings. The molecule has 0 aliphatic heterocycles. The van der Waals surface area contributed by atoms with Crippen molar-refractivity contribution in [2.45, 2.75) is 44.9 Å². The smallest absolute Gasteiger partial charge is 0.303 e. The highest BCUT2D eigenvalue weighted by Crippen LogP contribution is 2.36. The van der Waals surface area contributed by atoms with Crippen molar-refractivity contribution in [1.29, 1.82) is 0 Å². The number of carbonyl (C=O) groups is 2. The Morgan fingerprint density at radius 3 is 2.58 bits per heavy atom. The Hall–Kier alpha value is -2.62. The Balaban J connectivity index is 1.40. The fraction of sp³-hybridized carbons (Fsp3) is 0.364. The van der Waals surface area contributed by atoms with Crippen LogP contribution in [0.1, 0.15) is 48.8 Å². The van der Waals surface area contributed by atoms with Crippen LogP contribution in [0.15, 0.2) is 42.5 Å². The number of aryl methyl sites for hydroxylation is 1. The van der Waals surface area contributed by atoms with Crippen LogP contribution in [0.3, 0.4) is 0 Å². The molecule has 0 unspecified atom stereocenters. The van der Waals surface area contributed by atoms with Gasteiger partial charge in [-0.3, -0.25) is 9.59 Å². The number of nitrogens with one attached hydrogen (secondary N) is 1. The van der Waals surface area contributed by atoms with E-state index < -0.39 is 5.97 Å². The second-order valence-corrected chi connectivity index (χ2v) is 6.88. The molecule has 0 bridgehead atoms. The van der Waals surface area contributed by atoms with E-state index in [1.807, 2.05) is 0 Å². The van der Waals surface area contributed by atoms with Crippen LogP contribution in [0.25, 0.3) is 11.1 Å². The number of fused-ring (bicyclic) bond motifs is 3. The molecule has 136 valence electrons. The Morgan fingerprint density at radius 1 is 0.923 bits per heavy atom. The number of amides is 1. The molecule has 0 heterocycles. The number of carbonyl (C=O) groups excluding carboxylic acids is 1. The zero-order chi connectivity index (χ0) is 18.4. The van der Waals surface area contributed by atoms with Crippen LogP contribution >= 0.6 is 0 Å². The molecule has 26 heavy (non-hydrogen) atoms. The zero-order valence-electron chi connectivity index (χ0n) is 15.0. The molecule has 2 N–H and O–H groups in total. The van der Waals surface area contributed by atoms with E-state index >= 15 is 0 Å². The van der Waals surface area contributed by atoms with E-state index in [0.29, 0.717) is 25.8 Å². The van der Waals surface area contributed by atoms with Gasteiger partial charge in [-0.15, -0.1) is 0 Å². The minimum atomic E-state index is -0.784. The van der Waals surface area contributed by atoms with Gasteiger partial charge in [0.05, 0.1) is 0 Å². The highest BCUT2D eigenvalue weighted by Gasteiger charge is 2.17. The Bertz CT molecular complexity index is 798. The second-order valence-electron chi connectivity index (χ2n) is 6.88. The van der Waals surface area contributed by atoms with Gasteiger partial charge in [0.2, 0.25) is 5.91 Å². The van der Waals surface area contributed by atoms with Crippen molar-refractivity contribution in [2.75, 3.05) is 6.54 Å². The Labute approximate surface area is 154 Å². The van der Waals surface area contributed by atoms with Gasteiger partial charge in [-0.25, -0.2) is 0 Å². The van der Waals surface area contributed by atoms with E-state index in [9.17, 15) is 9.59 Å². The summed E-state index contributed by atoms with van der Waals surface area (Å²) in [6.45, 7) is 0.559. The SMILES string of the molecule is O=C(O)CCCCNC(=O)CCCc1ccc2c(c1)Cc1ccccc1-2.